The summed E-state index contributed by atoms with van der Waals surface area (Å²) >= 11 is 0. The number of nitrogens with zero attached hydrogens (tertiary/aromatic N) is 1. The summed E-state index contributed by atoms with van der Waals surface area (Å²) < 4.78 is 5.43. The molecule has 0 aromatic carbocycles. The van der Waals surface area contributed by atoms with Gasteiger partial charge in [-0.25, -0.2) is 0 Å². The molecule has 0 aromatic heterocycles. The zero-order valence-electron chi connectivity index (χ0n) is 12.7. The summed E-state index contributed by atoms with van der Waals surface area (Å²) in [4.78, 5) is 2.53. The molecule has 3 heteroatoms. The maximum absolute atomic E-state index is 6.07. The largest absolute Gasteiger partial charge is 0.381 e. The molecule has 2 N–H and O–H groups in total. The number of nitrogens with two attached hydrogens (primary N) is 1. The van der Waals surface area contributed by atoms with Crippen molar-refractivity contribution >= 4 is 0 Å². The van der Waals surface area contributed by atoms with Crippen LogP contribution in [0.15, 0.2) is 0 Å². The van der Waals surface area contributed by atoms with Crippen molar-refractivity contribution in [3.05, 3.63) is 0 Å². The van der Waals surface area contributed by atoms with Gasteiger partial charge in [0.1, 0.15) is 0 Å². The highest BCUT2D eigenvalue weighted by atomic mass is 16.5. The van der Waals surface area contributed by atoms with Crippen LogP contribution in [0.3, 0.4) is 0 Å². The highest BCUT2D eigenvalue weighted by Gasteiger charge is 2.30. The second-order valence-corrected chi connectivity index (χ2v) is 6.83. The van der Waals surface area contributed by atoms with Crippen molar-refractivity contribution in [1.82, 2.24) is 4.90 Å². The first-order valence-electron chi connectivity index (χ1n) is 8.20. The highest BCUT2D eigenvalue weighted by molar-refractivity contribution is 4.84. The molecular weight excluding hydrogens is 236 g/mol. The van der Waals surface area contributed by atoms with Gasteiger partial charge in [0.15, 0.2) is 0 Å². The molecule has 3 nitrogen and oxygen atoms in total. The van der Waals surface area contributed by atoms with Crippen LogP contribution in [0.2, 0.25) is 0 Å². The van der Waals surface area contributed by atoms with Crippen molar-refractivity contribution in [2.45, 2.75) is 51.4 Å². The molecule has 0 atom stereocenters. The second-order valence-electron chi connectivity index (χ2n) is 6.83. The molecule has 1 aliphatic heterocycles. The summed E-state index contributed by atoms with van der Waals surface area (Å²) in [5, 5.41) is 0. The van der Waals surface area contributed by atoms with Crippen LogP contribution >= 0.6 is 0 Å². The Morgan fingerprint density at radius 3 is 2.47 bits per heavy atom. The van der Waals surface area contributed by atoms with E-state index in [9.17, 15) is 0 Å². The Bertz CT molecular complexity index is 245. The molecule has 2 rings (SSSR count). The molecule has 19 heavy (non-hydrogen) atoms. The van der Waals surface area contributed by atoms with Gasteiger partial charge >= 0.3 is 0 Å². The van der Waals surface area contributed by atoms with E-state index in [4.69, 9.17) is 10.5 Å². The lowest BCUT2D eigenvalue weighted by Gasteiger charge is -2.38. The minimum Gasteiger partial charge on any atom is -0.381 e. The number of hydrogen-bond donors (Lipinski definition) is 1. The summed E-state index contributed by atoms with van der Waals surface area (Å²) in [6.45, 7) is 5.27. The maximum Gasteiger partial charge on any atom is 0.0469 e. The molecule has 1 saturated heterocycles. The van der Waals surface area contributed by atoms with Crippen LogP contribution in [0.4, 0.5) is 0 Å². The molecule has 2 aliphatic rings. The first kappa shape index (κ1) is 15.3. The Morgan fingerprint density at radius 2 is 1.84 bits per heavy atom. The third-order valence-corrected chi connectivity index (χ3v) is 5.28. The summed E-state index contributed by atoms with van der Waals surface area (Å²) in [6.07, 6.45) is 10.7. The zero-order chi connectivity index (χ0) is 13.6. The topological polar surface area (TPSA) is 38.5 Å². The standard InChI is InChI=1S/C16H32N2O/c1-18(13-15-5-11-19-12-6-15)10-9-16(14-17)7-3-2-4-8-16/h15H,2-14,17H2,1H3. The van der Waals surface area contributed by atoms with E-state index in [0.717, 1.165) is 25.7 Å². The SMILES string of the molecule is CN(CCC1(CN)CCCCC1)CC1CCOCC1. The highest BCUT2D eigenvalue weighted by Crippen LogP contribution is 2.38. The van der Waals surface area contributed by atoms with Gasteiger partial charge in [0.05, 0.1) is 0 Å². The average Bonchev–Trinajstić information content (AvgIpc) is 2.47. The smallest absolute Gasteiger partial charge is 0.0469 e. The van der Waals surface area contributed by atoms with E-state index in [1.54, 1.807) is 0 Å². The fraction of sp³-hybridized carbons (Fsp3) is 1.00. The van der Waals surface area contributed by atoms with Gasteiger partial charge in [-0.1, -0.05) is 19.3 Å². The normalized spacial score (nSPS) is 24.8. The first-order valence-corrected chi connectivity index (χ1v) is 8.20. The molecule has 2 fully saturated rings. The first-order chi connectivity index (χ1) is 9.24. The molecule has 0 spiro atoms. The van der Waals surface area contributed by atoms with Crippen molar-refractivity contribution in [2.24, 2.45) is 17.1 Å². The molecule has 0 unspecified atom stereocenters. The molecule has 1 heterocycles. The molecule has 1 saturated carbocycles. The summed E-state index contributed by atoms with van der Waals surface area (Å²) in [5.74, 6) is 0.846. The molecule has 0 bridgehead atoms. The number of rotatable bonds is 6. The molecule has 0 radical (unpaired) electrons. The minimum absolute atomic E-state index is 0.461. The van der Waals surface area contributed by atoms with Crippen LogP contribution < -0.4 is 5.73 Å². The van der Waals surface area contributed by atoms with Crippen molar-refractivity contribution < 1.29 is 4.74 Å². The Hall–Kier alpha value is -0.120. The van der Waals surface area contributed by atoms with Crippen LogP contribution in [-0.4, -0.2) is 44.8 Å². The van der Waals surface area contributed by atoms with Crippen molar-refractivity contribution in [3.63, 3.8) is 0 Å². The molecule has 112 valence electrons. The predicted molar refractivity (Wildman–Crippen MR) is 80.2 cm³/mol. The summed E-state index contributed by atoms with van der Waals surface area (Å²) in [7, 11) is 2.28. The van der Waals surface area contributed by atoms with E-state index >= 15 is 0 Å². The van der Waals surface area contributed by atoms with Crippen LogP contribution in [0.5, 0.6) is 0 Å². The molecular formula is C16H32N2O. The Morgan fingerprint density at radius 1 is 1.16 bits per heavy atom. The van der Waals surface area contributed by atoms with Gasteiger partial charge in [0, 0.05) is 19.8 Å². The summed E-state index contributed by atoms with van der Waals surface area (Å²) in [5.41, 5.74) is 6.53. The molecule has 0 amide bonds. The molecule has 0 aromatic rings. The Labute approximate surface area is 118 Å². The van der Waals surface area contributed by atoms with Gasteiger partial charge in [-0.15, -0.1) is 0 Å². The maximum atomic E-state index is 6.07. The van der Waals surface area contributed by atoms with E-state index in [1.165, 1.54) is 64.5 Å². The lowest BCUT2D eigenvalue weighted by atomic mass is 9.72. The van der Waals surface area contributed by atoms with Gasteiger partial charge in [-0.3, -0.25) is 0 Å². The van der Waals surface area contributed by atoms with Crippen molar-refractivity contribution in [3.8, 4) is 0 Å². The van der Waals surface area contributed by atoms with E-state index < -0.39 is 0 Å². The van der Waals surface area contributed by atoms with E-state index in [-0.39, 0.29) is 0 Å². The number of hydrogen-bond acceptors (Lipinski definition) is 3. The van der Waals surface area contributed by atoms with Crippen LogP contribution in [0.25, 0.3) is 0 Å². The van der Waals surface area contributed by atoms with Crippen molar-refractivity contribution in [1.29, 1.82) is 0 Å². The second kappa shape index (κ2) is 7.61. The number of ether oxygens (including phenoxy) is 1. The third kappa shape index (κ3) is 4.73. The fourth-order valence-corrected chi connectivity index (χ4v) is 3.75. The monoisotopic (exact) mass is 268 g/mol. The zero-order valence-corrected chi connectivity index (χ0v) is 12.7. The van der Waals surface area contributed by atoms with Gasteiger partial charge in [0.25, 0.3) is 0 Å². The van der Waals surface area contributed by atoms with Crippen molar-refractivity contribution in [2.75, 3.05) is 39.9 Å². The minimum atomic E-state index is 0.461. The lowest BCUT2D eigenvalue weighted by Crippen LogP contribution is -2.38. The average molecular weight is 268 g/mol. The molecule has 1 aliphatic carbocycles. The Balaban J connectivity index is 1.70. The lowest BCUT2D eigenvalue weighted by molar-refractivity contribution is 0.0530. The van der Waals surface area contributed by atoms with Gasteiger partial charge in [-0.05, 0) is 63.6 Å². The van der Waals surface area contributed by atoms with Crippen LogP contribution in [0, 0.1) is 11.3 Å². The van der Waals surface area contributed by atoms with E-state index in [0.29, 0.717) is 5.41 Å². The van der Waals surface area contributed by atoms with Gasteiger partial charge in [-0.2, -0.15) is 0 Å². The quantitative estimate of drug-likeness (QED) is 0.805. The van der Waals surface area contributed by atoms with Gasteiger partial charge < -0.3 is 15.4 Å². The summed E-state index contributed by atoms with van der Waals surface area (Å²) in [6, 6.07) is 0. The van der Waals surface area contributed by atoms with E-state index in [1.807, 2.05) is 0 Å². The Kier molecular flexibility index (Phi) is 6.11. The predicted octanol–water partition coefficient (Wildman–Crippen LogP) is 2.64. The van der Waals surface area contributed by atoms with Crippen LogP contribution in [-0.2, 0) is 4.74 Å². The fourth-order valence-electron chi connectivity index (χ4n) is 3.75. The van der Waals surface area contributed by atoms with E-state index in [2.05, 4.69) is 11.9 Å². The third-order valence-electron chi connectivity index (χ3n) is 5.28. The van der Waals surface area contributed by atoms with Gasteiger partial charge in [0.2, 0.25) is 0 Å². The van der Waals surface area contributed by atoms with Crippen LogP contribution in [0.1, 0.15) is 51.4 Å².